The SMILES string of the molecule is CCNS(=O)(=O)c1cccc(C(=O)N2CCCC2c2cccs2)c1. The molecule has 0 spiro atoms. The molecule has 1 aromatic carbocycles. The van der Waals surface area contributed by atoms with Crippen molar-refractivity contribution in [3.8, 4) is 0 Å². The number of hydrogen-bond donors (Lipinski definition) is 1. The van der Waals surface area contributed by atoms with Crippen molar-refractivity contribution in [1.82, 2.24) is 9.62 Å². The minimum atomic E-state index is -3.57. The van der Waals surface area contributed by atoms with E-state index >= 15 is 0 Å². The molecule has 0 bridgehead atoms. The van der Waals surface area contributed by atoms with Crippen molar-refractivity contribution in [2.75, 3.05) is 13.1 Å². The first-order valence-electron chi connectivity index (χ1n) is 7.97. The maximum Gasteiger partial charge on any atom is 0.254 e. The Hall–Kier alpha value is -1.70. The van der Waals surface area contributed by atoms with Crippen molar-refractivity contribution in [3.05, 3.63) is 52.2 Å². The molecule has 1 fully saturated rings. The Bertz CT molecular complexity index is 816. The summed E-state index contributed by atoms with van der Waals surface area (Å²) in [6, 6.07) is 10.4. The standard InChI is InChI=1S/C17H20N2O3S2/c1-2-18-24(21,22)14-7-3-6-13(12-14)17(20)19-10-4-8-15(19)16-9-5-11-23-16/h3,5-7,9,11-12,15,18H,2,4,8,10H2,1H3. The Morgan fingerprint density at radius 3 is 2.88 bits per heavy atom. The molecule has 7 heteroatoms. The summed E-state index contributed by atoms with van der Waals surface area (Å²) in [7, 11) is -3.57. The molecule has 1 atom stereocenters. The van der Waals surface area contributed by atoms with Crippen LogP contribution in [0.5, 0.6) is 0 Å². The van der Waals surface area contributed by atoms with E-state index in [0.29, 0.717) is 18.7 Å². The van der Waals surface area contributed by atoms with Gasteiger partial charge in [0.15, 0.2) is 0 Å². The van der Waals surface area contributed by atoms with Gasteiger partial charge >= 0.3 is 0 Å². The van der Waals surface area contributed by atoms with Crippen LogP contribution >= 0.6 is 11.3 Å². The Kier molecular flexibility index (Phi) is 5.03. The number of carbonyl (C=O) groups excluding carboxylic acids is 1. The zero-order chi connectivity index (χ0) is 17.2. The quantitative estimate of drug-likeness (QED) is 0.887. The van der Waals surface area contributed by atoms with Crippen LogP contribution < -0.4 is 4.72 Å². The molecular formula is C17H20N2O3S2. The average Bonchev–Trinajstić information content (AvgIpc) is 3.25. The molecule has 1 aromatic heterocycles. The summed E-state index contributed by atoms with van der Waals surface area (Å²) in [5.74, 6) is -0.112. The van der Waals surface area contributed by atoms with E-state index in [9.17, 15) is 13.2 Å². The second-order valence-corrected chi connectivity index (χ2v) is 8.45. The minimum Gasteiger partial charge on any atom is -0.331 e. The van der Waals surface area contributed by atoms with Gasteiger partial charge in [0.1, 0.15) is 0 Å². The Balaban J connectivity index is 1.88. The number of carbonyl (C=O) groups is 1. The van der Waals surface area contributed by atoms with Gasteiger partial charge in [-0.1, -0.05) is 19.1 Å². The molecule has 2 aromatic rings. The predicted molar refractivity (Wildman–Crippen MR) is 94.6 cm³/mol. The second-order valence-electron chi connectivity index (χ2n) is 5.70. The monoisotopic (exact) mass is 364 g/mol. The normalized spacial score (nSPS) is 18.0. The molecule has 1 saturated heterocycles. The molecule has 24 heavy (non-hydrogen) atoms. The zero-order valence-electron chi connectivity index (χ0n) is 13.4. The van der Waals surface area contributed by atoms with Crippen LogP contribution in [0.1, 0.15) is 41.0 Å². The number of benzene rings is 1. The third kappa shape index (κ3) is 3.38. The van der Waals surface area contributed by atoms with Crippen LogP contribution in [0.15, 0.2) is 46.7 Å². The van der Waals surface area contributed by atoms with Crippen LogP contribution in [0.25, 0.3) is 0 Å². The molecule has 5 nitrogen and oxygen atoms in total. The van der Waals surface area contributed by atoms with E-state index in [1.54, 1.807) is 30.4 Å². The zero-order valence-corrected chi connectivity index (χ0v) is 15.1. The van der Waals surface area contributed by atoms with Gasteiger partial charge < -0.3 is 4.90 Å². The van der Waals surface area contributed by atoms with Gasteiger partial charge in [0.2, 0.25) is 10.0 Å². The van der Waals surface area contributed by atoms with E-state index in [-0.39, 0.29) is 16.8 Å². The Labute approximate surface area is 146 Å². The maximum atomic E-state index is 12.9. The van der Waals surface area contributed by atoms with Gasteiger partial charge in [0, 0.05) is 23.5 Å². The van der Waals surface area contributed by atoms with Crippen LogP contribution in [0.2, 0.25) is 0 Å². The third-order valence-corrected chi connectivity index (χ3v) is 6.63. The fourth-order valence-electron chi connectivity index (χ4n) is 3.02. The van der Waals surface area contributed by atoms with E-state index in [1.807, 2.05) is 22.4 Å². The minimum absolute atomic E-state index is 0.0894. The van der Waals surface area contributed by atoms with Crippen molar-refractivity contribution in [2.24, 2.45) is 0 Å². The van der Waals surface area contributed by atoms with Crippen molar-refractivity contribution >= 4 is 27.3 Å². The van der Waals surface area contributed by atoms with Gasteiger partial charge in [-0.2, -0.15) is 0 Å². The summed E-state index contributed by atoms with van der Waals surface area (Å²) in [4.78, 5) is 16.1. The molecule has 1 N–H and O–H groups in total. The van der Waals surface area contributed by atoms with E-state index in [1.165, 1.54) is 17.0 Å². The largest absolute Gasteiger partial charge is 0.331 e. The lowest BCUT2D eigenvalue weighted by Crippen LogP contribution is -2.30. The lowest BCUT2D eigenvalue weighted by Gasteiger charge is -2.24. The smallest absolute Gasteiger partial charge is 0.254 e. The summed E-state index contributed by atoms with van der Waals surface area (Å²) < 4.78 is 26.7. The van der Waals surface area contributed by atoms with E-state index in [0.717, 1.165) is 12.8 Å². The highest BCUT2D eigenvalue weighted by Crippen LogP contribution is 2.35. The van der Waals surface area contributed by atoms with Crippen LogP contribution in [0.4, 0.5) is 0 Å². The highest BCUT2D eigenvalue weighted by Gasteiger charge is 2.31. The molecule has 128 valence electrons. The molecule has 3 rings (SSSR count). The van der Waals surface area contributed by atoms with Crippen LogP contribution in [0, 0.1) is 0 Å². The average molecular weight is 364 g/mol. The number of amides is 1. The van der Waals surface area contributed by atoms with Gasteiger partial charge in [-0.25, -0.2) is 13.1 Å². The van der Waals surface area contributed by atoms with Gasteiger partial charge in [-0.05, 0) is 42.5 Å². The topological polar surface area (TPSA) is 66.5 Å². The van der Waals surface area contributed by atoms with Gasteiger partial charge in [-0.3, -0.25) is 4.79 Å². The Morgan fingerprint density at radius 2 is 2.17 bits per heavy atom. The molecule has 0 radical (unpaired) electrons. The number of nitrogens with one attached hydrogen (secondary N) is 1. The molecular weight excluding hydrogens is 344 g/mol. The fraction of sp³-hybridized carbons (Fsp3) is 0.353. The first-order chi connectivity index (χ1) is 11.5. The summed E-state index contributed by atoms with van der Waals surface area (Å²) in [6.07, 6.45) is 1.91. The lowest BCUT2D eigenvalue weighted by molar-refractivity contribution is 0.0737. The van der Waals surface area contributed by atoms with Crippen molar-refractivity contribution in [1.29, 1.82) is 0 Å². The van der Waals surface area contributed by atoms with Crippen molar-refractivity contribution in [3.63, 3.8) is 0 Å². The highest BCUT2D eigenvalue weighted by molar-refractivity contribution is 7.89. The van der Waals surface area contributed by atoms with Crippen LogP contribution in [-0.4, -0.2) is 32.3 Å². The van der Waals surface area contributed by atoms with Gasteiger partial charge in [0.25, 0.3) is 5.91 Å². The number of sulfonamides is 1. The number of thiophene rings is 1. The number of likely N-dealkylation sites (tertiary alicyclic amines) is 1. The van der Waals surface area contributed by atoms with Crippen LogP contribution in [0.3, 0.4) is 0 Å². The van der Waals surface area contributed by atoms with E-state index in [4.69, 9.17) is 0 Å². The molecule has 2 heterocycles. The molecule has 1 amide bonds. The molecule has 0 aliphatic carbocycles. The highest BCUT2D eigenvalue weighted by atomic mass is 32.2. The first-order valence-corrected chi connectivity index (χ1v) is 10.3. The number of nitrogens with zero attached hydrogens (tertiary/aromatic N) is 1. The fourth-order valence-corrected chi connectivity index (χ4v) is 4.98. The van der Waals surface area contributed by atoms with Crippen molar-refractivity contribution in [2.45, 2.75) is 30.7 Å². The summed E-state index contributed by atoms with van der Waals surface area (Å²) >= 11 is 1.65. The first kappa shape index (κ1) is 17.1. The molecule has 0 saturated carbocycles. The van der Waals surface area contributed by atoms with Gasteiger partial charge in [0.05, 0.1) is 10.9 Å². The predicted octanol–water partition coefficient (Wildman–Crippen LogP) is 3.02. The van der Waals surface area contributed by atoms with Crippen LogP contribution in [-0.2, 0) is 10.0 Å². The van der Waals surface area contributed by atoms with Crippen molar-refractivity contribution < 1.29 is 13.2 Å². The van der Waals surface area contributed by atoms with Gasteiger partial charge in [-0.15, -0.1) is 11.3 Å². The lowest BCUT2D eigenvalue weighted by atomic mass is 10.1. The third-order valence-electron chi connectivity index (χ3n) is 4.11. The maximum absolute atomic E-state index is 12.9. The Morgan fingerprint density at radius 1 is 1.33 bits per heavy atom. The van der Waals surface area contributed by atoms with E-state index < -0.39 is 10.0 Å². The molecule has 1 aliphatic rings. The molecule has 1 aliphatic heterocycles. The van der Waals surface area contributed by atoms with E-state index in [2.05, 4.69) is 4.72 Å². The summed E-state index contributed by atoms with van der Waals surface area (Å²) in [5, 5.41) is 2.01. The summed E-state index contributed by atoms with van der Waals surface area (Å²) in [5.41, 5.74) is 0.414. The number of rotatable bonds is 5. The molecule has 1 unspecified atom stereocenters. The second kappa shape index (κ2) is 7.04. The summed E-state index contributed by atoms with van der Waals surface area (Å²) in [6.45, 7) is 2.74. The number of hydrogen-bond acceptors (Lipinski definition) is 4.